The molecule has 0 spiro atoms. The Kier molecular flexibility index (Phi) is 6.54. The molecule has 0 aliphatic carbocycles. The van der Waals surface area contributed by atoms with E-state index in [4.69, 9.17) is 46.4 Å². The minimum absolute atomic E-state index is 0.0984. The Morgan fingerprint density at radius 2 is 1.76 bits per heavy atom. The van der Waals surface area contributed by atoms with Crippen LogP contribution in [0.25, 0.3) is 5.65 Å². The number of halogens is 4. The average molecular weight is 424 g/mol. The van der Waals surface area contributed by atoms with Crippen LogP contribution in [0.1, 0.15) is 12.7 Å². The SMILES string of the molecule is CC(=O)NNc1ncc(Cl)nc1Cl.Cc1nnc2c(Cl)nc(Cl)cn12. The van der Waals surface area contributed by atoms with E-state index < -0.39 is 0 Å². The second-order valence-corrected chi connectivity index (χ2v) is 5.92. The van der Waals surface area contributed by atoms with Gasteiger partial charge in [-0.15, -0.1) is 10.2 Å². The molecule has 1 amide bonds. The lowest BCUT2D eigenvalue weighted by Gasteiger charge is -2.05. The van der Waals surface area contributed by atoms with E-state index in [9.17, 15) is 4.79 Å². The van der Waals surface area contributed by atoms with Gasteiger partial charge in [0.05, 0.1) is 6.20 Å². The summed E-state index contributed by atoms with van der Waals surface area (Å²) in [5.41, 5.74) is 5.31. The summed E-state index contributed by atoms with van der Waals surface area (Å²) in [5, 5.41) is 8.53. The predicted molar refractivity (Wildman–Crippen MR) is 95.0 cm³/mol. The summed E-state index contributed by atoms with van der Waals surface area (Å²) in [4.78, 5) is 21.8. The van der Waals surface area contributed by atoms with Gasteiger partial charge in [0, 0.05) is 13.1 Å². The third-order valence-electron chi connectivity index (χ3n) is 2.55. The van der Waals surface area contributed by atoms with Crippen LogP contribution in [0.15, 0.2) is 12.4 Å². The van der Waals surface area contributed by atoms with Gasteiger partial charge in [0.15, 0.2) is 21.8 Å². The molecule has 9 nitrogen and oxygen atoms in total. The fourth-order valence-electron chi connectivity index (χ4n) is 1.52. The van der Waals surface area contributed by atoms with Crippen LogP contribution in [0.3, 0.4) is 0 Å². The fourth-order valence-corrected chi connectivity index (χ4v) is 2.33. The van der Waals surface area contributed by atoms with E-state index in [-0.39, 0.29) is 27.2 Å². The molecule has 0 radical (unpaired) electrons. The Labute approximate surface area is 161 Å². The van der Waals surface area contributed by atoms with Crippen LogP contribution in [0.2, 0.25) is 20.6 Å². The molecule has 0 aliphatic rings. The van der Waals surface area contributed by atoms with E-state index in [2.05, 4.69) is 36.0 Å². The van der Waals surface area contributed by atoms with Crippen LogP contribution in [-0.4, -0.2) is 35.5 Å². The van der Waals surface area contributed by atoms with Crippen LogP contribution in [0.5, 0.6) is 0 Å². The lowest BCUT2D eigenvalue weighted by molar-refractivity contribution is -0.118. The highest BCUT2D eigenvalue weighted by molar-refractivity contribution is 6.34. The number of nitrogens with one attached hydrogen (secondary N) is 2. The highest BCUT2D eigenvalue weighted by atomic mass is 35.5. The number of rotatable bonds is 2. The van der Waals surface area contributed by atoms with Crippen LogP contribution >= 0.6 is 46.4 Å². The summed E-state index contributed by atoms with van der Waals surface area (Å²) < 4.78 is 1.69. The molecular formula is C12H10Cl4N8O. The van der Waals surface area contributed by atoms with Gasteiger partial charge >= 0.3 is 0 Å². The van der Waals surface area contributed by atoms with Crippen molar-refractivity contribution in [1.82, 2.24) is 35.0 Å². The predicted octanol–water partition coefficient (Wildman–Crippen LogP) is 2.99. The second-order valence-electron chi connectivity index (χ2n) is 4.43. The molecule has 25 heavy (non-hydrogen) atoms. The van der Waals surface area contributed by atoms with Gasteiger partial charge in [-0.25, -0.2) is 15.0 Å². The normalized spacial score (nSPS) is 10.2. The average Bonchev–Trinajstić information content (AvgIpc) is 2.88. The Morgan fingerprint density at radius 1 is 1.08 bits per heavy atom. The minimum atomic E-state index is -0.257. The van der Waals surface area contributed by atoms with Gasteiger partial charge in [0.2, 0.25) is 5.91 Å². The van der Waals surface area contributed by atoms with Gasteiger partial charge in [-0.3, -0.25) is 20.0 Å². The largest absolute Gasteiger partial charge is 0.281 e. The molecule has 0 bridgehead atoms. The van der Waals surface area contributed by atoms with Crippen molar-refractivity contribution in [3.05, 3.63) is 38.8 Å². The van der Waals surface area contributed by atoms with E-state index >= 15 is 0 Å². The van der Waals surface area contributed by atoms with Crippen molar-refractivity contribution in [2.45, 2.75) is 13.8 Å². The number of anilines is 1. The molecule has 0 saturated carbocycles. The lowest BCUT2D eigenvalue weighted by atomic mass is 10.6. The van der Waals surface area contributed by atoms with Gasteiger partial charge < -0.3 is 0 Å². The standard InChI is InChI=1S/C6H6Cl2N4O.C6H4Cl2N4/c1-3(13)11-12-6-5(8)10-4(7)2-9-6;1-3-10-11-6-5(8)9-4(7)2-12(3)6/h2H,1H3,(H,9,12)(H,11,13);2H,1H3. The van der Waals surface area contributed by atoms with Crippen LogP contribution in [-0.2, 0) is 4.79 Å². The third-order valence-corrected chi connectivity index (χ3v) is 3.43. The van der Waals surface area contributed by atoms with E-state index in [0.717, 1.165) is 5.82 Å². The molecule has 0 aromatic carbocycles. The summed E-state index contributed by atoms with van der Waals surface area (Å²) in [6, 6.07) is 0. The highest BCUT2D eigenvalue weighted by Gasteiger charge is 2.07. The Morgan fingerprint density at radius 3 is 2.40 bits per heavy atom. The Bertz CT molecular complexity index is 916. The molecule has 3 rings (SSSR count). The topological polar surface area (TPSA) is 110 Å². The highest BCUT2D eigenvalue weighted by Crippen LogP contribution is 2.17. The van der Waals surface area contributed by atoms with Crippen molar-refractivity contribution in [1.29, 1.82) is 0 Å². The van der Waals surface area contributed by atoms with Crippen LogP contribution in [0.4, 0.5) is 5.82 Å². The van der Waals surface area contributed by atoms with E-state index in [0.29, 0.717) is 10.8 Å². The molecule has 0 aliphatic heterocycles. The number of nitrogens with zero attached hydrogens (tertiary/aromatic N) is 6. The van der Waals surface area contributed by atoms with Crippen molar-refractivity contribution in [2.24, 2.45) is 0 Å². The first-order valence-electron chi connectivity index (χ1n) is 6.52. The summed E-state index contributed by atoms with van der Waals surface area (Å²) in [6.45, 7) is 3.16. The van der Waals surface area contributed by atoms with Crippen LogP contribution in [0, 0.1) is 6.92 Å². The number of aryl methyl sites for hydroxylation is 1. The maximum absolute atomic E-state index is 10.5. The second kappa shape index (κ2) is 8.43. The molecule has 3 aromatic rings. The zero-order valence-corrected chi connectivity index (χ0v) is 15.8. The lowest BCUT2D eigenvalue weighted by Crippen LogP contribution is -2.27. The molecule has 3 heterocycles. The van der Waals surface area contributed by atoms with Crippen LogP contribution < -0.4 is 10.9 Å². The first kappa shape index (κ1) is 19.4. The molecule has 132 valence electrons. The molecule has 0 saturated heterocycles. The van der Waals surface area contributed by atoms with Crippen molar-refractivity contribution >= 4 is 63.8 Å². The summed E-state index contributed by atoms with van der Waals surface area (Å²) in [7, 11) is 0. The quantitative estimate of drug-likeness (QED) is 0.609. The van der Waals surface area contributed by atoms with Crippen molar-refractivity contribution < 1.29 is 4.79 Å². The van der Waals surface area contributed by atoms with Gasteiger partial charge in [-0.1, -0.05) is 46.4 Å². The van der Waals surface area contributed by atoms with Crippen molar-refractivity contribution in [2.75, 3.05) is 5.43 Å². The number of hydrogen-bond acceptors (Lipinski definition) is 7. The maximum Gasteiger partial charge on any atom is 0.235 e. The Balaban J connectivity index is 0.000000181. The molecule has 2 N–H and O–H groups in total. The maximum atomic E-state index is 10.5. The first-order valence-corrected chi connectivity index (χ1v) is 8.03. The number of amides is 1. The summed E-state index contributed by atoms with van der Waals surface area (Å²) in [6.07, 6.45) is 2.94. The van der Waals surface area contributed by atoms with E-state index in [1.807, 2.05) is 6.92 Å². The number of carbonyl (C=O) groups is 1. The molecular weight excluding hydrogens is 414 g/mol. The fraction of sp³-hybridized carbons (Fsp3) is 0.167. The number of fused-ring (bicyclic) bond motifs is 1. The monoisotopic (exact) mass is 422 g/mol. The summed E-state index contributed by atoms with van der Waals surface area (Å²) >= 11 is 22.6. The first-order chi connectivity index (χ1) is 11.8. The van der Waals surface area contributed by atoms with Crippen molar-refractivity contribution in [3.8, 4) is 0 Å². The number of hydrazine groups is 1. The van der Waals surface area contributed by atoms with Crippen molar-refractivity contribution in [3.63, 3.8) is 0 Å². The molecule has 0 unspecified atom stereocenters. The number of hydrogen-bond donors (Lipinski definition) is 2. The molecule has 0 atom stereocenters. The zero-order valence-electron chi connectivity index (χ0n) is 12.8. The van der Waals surface area contributed by atoms with E-state index in [1.165, 1.54) is 13.1 Å². The minimum Gasteiger partial charge on any atom is -0.281 e. The van der Waals surface area contributed by atoms with Gasteiger partial charge in [-0.2, -0.15) is 0 Å². The molecule has 0 fully saturated rings. The third kappa shape index (κ3) is 5.27. The molecule has 13 heteroatoms. The van der Waals surface area contributed by atoms with E-state index in [1.54, 1.807) is 10.6 Å². The number of carbonyl (C=O) groups excluding carboxylic acids is 1. The van der Waals surface area contributed by atoms with Gasteiger partial charge in [0.1, 0.15) is 16.1 Å². The van der Waals surface area contributed by atoms with Gasteiger partial charge in [-0.05, 0) is 6.92 Å². The smallest absolute Gasteiger partial charge is 0.235 e. The summed E-state index contributed by atoms with van der Waals surface area (Å²) in [5.74, 6) is 0.727. The number of aromatic nitrogens is 6. The zero-order chi connectivity index (χ0) is 18.6. The molecule has 3 aromatic heterocycles. The Hall–Kier alpha value is -1.94. The van der Waals surface area contributed by atoms with Gasteiger partial charge in [0.25, 0.3) is 0 Å².